The monoisotopic (exact) mass is 287 g/mol. The van der Waals surface area contributed by atoms with Crippen molar-refractivity contribution in [3.05, 3.63) is 42.0 Å². The van der Waals surface area contributed by atoms with Crippen molar-refractivity contribution >= 4 is 11.6 Å². The van der Waals surface area contributed by atoms with Crippen LogP contribution in [0.5, 0.6) is 0 Å². The summed E-state index contributed by atoms with van der Waals surface area (Å²) in [7, 11) is 1.63. The molecule has 2 heterocycles. The van der Waals surface area contributed by atoms with Gasteiger partial charge in [-0.05, 0) is 31.5 Å². The van der Waals surface area contributed by atoms with E-state index < -0.39 is 0 Å². The Kier molecular flexibility index (Phi) is 5.45. The van der Waals surface area contributed by atoms with Gasteiger partial charge in [-0.15, -0.1) is 0 Å². The van der Waals surface area contributed by atoms with E-state index in [4.69, 9.17) is 4.74 Å². The largest absolute Gasteiger partial charge is 0.377 e. The number of nitrogens with one attached hydrogen (secondary N) is 2. The molecule has 0 radical (unpaired) electrons. The lowest BCUT2D eigenvalue weighted by molar-refractivity contribution is 0.178. The molecule has 2 aromatic heterocycles. The topological polar surface area (TPSA) is 72.0 Å². The van der Waals surface area contributed by atoms with E-state index in [0.717, 1.165) is 23.7 Å². The van der Waals surface area contributed by atoms with E-state index in [9.17, 15) is 0 Å². The first-order valence-corrected chi connectivity index (χ1v) is 7.00. The van der Waals surface area contributed by atoms with Crippen molar-refractivity contribution in [3.63, 3.8) is 0 Å². The van der Waals surface area contributed by atoms with Crippen molar-refractivity contribution in [1.29, 1.82) is 0 Å². The van der Waals surface area contributed by atoms with Crippen LogP contribution in [0.3, 0.4) is 0 Å². The van der Waals surface area contributed by atoms with Gasteiger partial charge in [0.15, 0.2) is 5.82 Å². The summed E-state index contributed by atoms with van der Waals surface area (Å²) in [6.07, 6.45) is 3.57. The van der Waals surface area contributed by atoms with E-state index in [1.165, 1.54) is 0 Å². The first-order chi connectivity index (χ1) is 10.2. The molecule has 0 aromatic carbocycles. The third-order valence-electron chi connectivity index (χ3n) is 2.97. The maximum Gasteiger partial charge on any atom is 0.158 e. The molecule has 112 valence electrons. The molecular weight excluding hydrogens is 266 g/mol. The third-order valence-corrected chi connectivity index (χ3v) is 2.97. The fourth-order valence-corrected chi connectivity index (χ4v) is 1.99. The minimum Gasteiger partial charge on any atom is -0.377 e. The van der Waals surface area contributed by atoms with Crippen molar-refractivity contribution in [3.8, 4) is 0 Å². The molecule has 0 spiro atoms. The van der Waals surface area contributed by atoms with E-state index in [-0.39, 0.29) is 6.04 Å². The van der Waals surface area contributed by atoms with Crippen LogP contribution in [0.4, 0.5) is 11.6 Å². The van der Waals surface area contributed by atoms with Crippen LogP contribution in [0, 0.1) is 0 Å². The van der Waals surface area contributed by atoms with Crippen LogP contribution >= 0.6 is 0 Å². The number of hydrogen-bond acceptors (Lipinski definition) is 6. The first-order valence-electron chi connectivity index (χ1n) is 7.00. The van der Waals surface area contributed by atoms with Gasteiger partial charge in [0.1, 0.15) is 18.2 Å². The van der Waals surface area contributed by atoms with Gasteiger partial charge in [-0.1, -0.05) is 0 Å². The summed E-state index contributed by atoms with van der Waals surface area (Å²) in [4.78, 5) is 12.9. The van der Waals surface area contributed by atoms with Gasteiger partial charge in [0.2, 0.25) is 0 Å². The number of ether oxygens (including phenoxy) is 1. The fraction of sp³-hybridized carbons (Fsp3) is 0.400. The second-order valence-corrected chi connectivity index (χ2v) is 4.66. The van der Waals surface area contributed by atoms with Crippen LogP contribution in [0.25, 0.3) is 0 Å². The summed E-state index contributed by atoms with van der Waals surface area (Å²) in [6, 6.07) is 6.01. The lowest BCUT2D eigenvalue weighted by atomic mass is 10.1. The highest BCUT2D eigenvalue weighted by molar-refractivity contribution is 5.48. The zero-order valence-electron chi connectivity index (χ0n) is 12.6. The number of hydrogen-bond donors (Lipinski definition) is 2. The Morgan fingerprint density at radius 3 is 2.57 bits per heavy atom. The number of nitrogens with zero attached hydrogens (tertiary/aromatic N) is 3. The number of rotatable bonds is 7. The maximum atomic E-state index is 5.12. The summed E-state index contributed by atoms with van der Waals surface area (Å²) in [6.45, 7) is 5.31. The van der Waals surface area contributed by atoms with Crippen LogP contribution in [-0.2, 0) is 11.3 Å². The molecule has 0 aliphatic rings. The highest BCUT2D eigenvalue weighted by Gasteiger charge is 2.09. The van der Waals surface area contributed by atoms with E-state index in [2.05, 4.69) is 32.5 Å². The molecule has 0 aliphatic carbocycles. The summed E-state index contributed by atoms with van der Waals surface area (Å²) in [5.74, 6) is 2.22. The molecular formula is C15H21N5O. The van der Waals surface area contributed by atoms with Gasteiger partial charge in [0.05, 0.1) is 6.04 Å². The molecule has 0 amide bonds. The molecule has 0 saturated carbocycles. The number of pyridine rings is 1. The van der Waals surface area contributed by atoms with Gasteiger partial charge in [-0.2, -0.15) is 0 Å². The molecule has 2 rings (SSSR count). The molecule has 0 fully saturated rings. The standard InChI is InChI=1S/C15H21N5O/c1-4-17-13-9-14(20-15(19-13)10-21-3)18-11(2)12-5-7-16-8-6-12/h5-9,11H,4,10H2,1-3H3,(H2,17,18,19,20). The quantitative estimate of drug-likeness (QED) is 0.815. The number of aromatic nitrogens is 3. The van der Waals surface area contributed by atoms with E-state index in [0.29, 0.717) is 12.4 Å². The molecule has 6 heteroatoms. The fourth-order valence-electron chi connectivity index (χ4n) is 1.99. The van der Waals surface area contributed by atoms with E-state index in [1.54, 1.807) is 19.5 Å². The third kappa shape index (κ3) is 4.39. The maximum absolute atomic E-state index is 5.12. The van der Waals surface area contributed by atoms with E-state index in [1.807, 2.05) is 25.1 Å². The summed E-state index contributed by atoms with van der Waals surface area (Å²) in [5.41, 5.74) is 1.15. The average molecular weight is 287 g/mol. The Bertz CT molecular complexity index is 537. The van der Waals surface area contributed by atoms with Crippen molar-refractivity contribution in [2.24, 2.45) is 0 Å². The molecule has 2 aromatic rings. The Hall–Kier alpha value is -2.21. The Morgan fingerprint density at radius 2 is 1.90 bits per heavy atom. The van der Waals surface area contributed by atoms with Gasteiger partial charge in [0.25, 0.3) is 0 Å². The van der Waals surface area contributed by atoms with Crippen molar-refractivity contribution < 1.29 is 4.74 Å². The minimum absolute atomic E-state index is 0.132. The number of anilines is 2. The Balaban J connectivity index is 2.18. The summed E-state index contributed by atoms with van der Waals surface area (Å²) < 4.78 is 5.12. The second-order valence-electron chi connectivity index (χ2n) is 4.66. The second kappa shape index (κ2) is 7.54. The lowest BCUT2D eigenvalue weighted by Crippen LogP contribution is -2.11. The first kappa shape index (κ1) is 15.2. The van der Waals surface area contributed by atoms with Crippen LogP contribution in [-0.4, -0.2) is 28.6 Å². The predicted octanol–water partition coefficient (Wildman–Crippen LogP) is 2.62. The van der Waals surface area contributed by atoms with Crippen LogP contribution in [0.1, 0.15) is 31.3 Å². The Morgan fingerprint density at radius 1 is 1.19 bits per heavy atom. The highest BCUT2D eigenvalue weighted by Crippen LogP contribution is 2.19. The van der Waals surface area contributed by atoms with Crippen molar-refractivity contribution in [1.82, 2.24) is 15.0 Å². The summed E-state index contributed by atoms with van der Waals surface area (Å²) in [5, 5.41) is 6.58. The highest BCUT2D eigenvalue weighted by atomic mass is 16.5. The predicted molar refractivity (Wildman–Crippen MR) is 83.2 cm³/mol. The molecule has 21 heavy (non-hydrogen) atoms. The zero-order valence-corrected chi connectivity index (χ0v) is 12.6. The zero-order chi connectivity index (χ0) is 15.1. The molecule has 0 saturated heterocycles. The molecule has 1 atom stereocenters. The van der Waals surface area contributed by atoms with Gasteiger partial charge in [-0.3, -0.25) is 4.98 Å². The van der Waals surface area contributed by atoms with Crippen LogP contribution in [0.15, 0.2) is 30.6 Å². The van der Waals surface area contributed by atoms with Gasteiger partial charge in [0, 0.05) is 32.1 Å². The molecule has 2 N–H and O–H groups in total. The molecule has 0 bridgehead atoms. The molecule has 0 aliphatic heterocycles. The number of methoxy groups -OCH3 is 1. The average Bonchev–Trinajstić information content (AvgIpc) is 2.48. The van der Waals surface area contributed by atoms with Crippen molar-refractivity contribution in [2.75, 3.05) is 24.3 Å². The van der Waals surface area contributed by atoms with Gasteiger partial charge < -0.3 is 15.4 Å². The van der Waals surface area contributed by atoms with E-state index >= 15 is 0 Å². The van der Waals surface area contributed by atoms with Gasteiger partial charge >= 0.3 is 0 Å². The SMILES string of the molecule is CCNc1cc(NC(C)c2ccncc2)nc(COC)n1. The van der Waals surface area contributed by atoms with Gasteiger partial charge in [-0.25, -0.2) is 9.97 Å². The van der Waals surface area contributed by atoms with Crippen molar-refractivity contribution in [2.45, 2.75) is 26.5 Å². The smallest absolute Gasteiger partial charge is 0.158 e. The lowest BCUT2D eigenvalue weighted by Gasteiger charge is -2.16. The summed E-state index contributed by atoms with van der Waals surface area (Å²) >= 11 is 0. The normalized spacial score (nSPS) is 12.0. The minimum atomic E-state index is 0.132. The molecule has 1 unspecified atom stereocenters. The van der Waals surface area contributed by atoms with Crippen LogP contribution < -0.4 is 10.6 Å². The Labute approximate surface area is 125 Å². The molecule has 6 nitrogen and oxygen atoms in total. The van der Waals surface area contributed by atoms with Crippen LogP contribution in [0.2, 0.25) is 0 Å².